The van der Waals surface area contributed by atoms with Crippen molar-refractivity contribution in [3.8, 4) is 28.9 Å². The Bertz CT molecular complexity index is 996. The first-order valence-electron chi connectivity index (χ1n) is 9.03. The van der Waals surface area contributed by atoms with Gasteiger partial charge in [0.15, 0.2) is 11.0 Å². The maximum Gasteiger partial charge on any atom is 0.232 e. The fourth-order valence-electron chi connectivity index (χ4n) is 2.68. The Morgan fingerprint density at radius 2 is 1.90 bits per heavy atom. The molecule has 0 N–H and O–H groups in total. The summed E-state index contributed by atoms with van der Waals surface area (Å²) in [7, 11) is 3.33. The molecule has 1 aromatic heterocycles. The molecule has 0 fully saturated rings. The highest BCUT2D eigenvalue weighted by Gasteiger charge is 2.18. The van der Waals surface area contributed by atoms with Crippen molar-refractivity contribution in [1.29, 1.82) is 5.26 Å². The number of carbonyl (C=O) groups is 1. The van der Waals surface area contributed by atoms with Crippen molar-refractivity contribution in [3.63, 3.8) is 0 Å². The predicted octanol–water partition coefficient (Wildman–Crippen LogP) is 3.41. The standard InChI is InChI=1S/C21H21N5O2S/c1-25(14-6-13-22)19(27)15-29-21-24-23-20(16-9-11-18(28-2)12-10-16)26(21)17-7-4-3-5-8-17/h3-5,7-12H,6,14-15H2,1-2H3. The van der Waals surface area contributed by atoms with E-state index in [4.69, 9.17) is 10.00 Å². The van der Waals surface area contributed by atoms with E-state index in [1.807, 2.05) is 59.2 Å². The molecule has 0 aliphatic rings. The van der Waals surface area contributed by atoms with E-state index in [9.17, 15) is 4.79 Å². The molecule has 0 atom stereocenters. The van der Waals surface area contributed by atoms with Crippen LogP contribution in [0.3, 0.4) is 0 Å². The molecule has 0 spiro atoms. The van der Waals surface area contributed by atoms with Crippen LogP contribution in [0.15, 0.2) is 59.8 Å². The van der Waals surface area contributed by atoms with Gasteiger partial charge in [-0.15, -0.1) is 10.2 Å². The SMILES string of the molecule is COc1ccc(-c2nnc(SCC(=O)N(C)CCC#N)n2-c2ccccc2)cc1. The van der Waals surface area contributed by atoms with Gasteiger partial charge in [0.1, 0.15) is 5.75 Å². The van der Waals surface area contributed by atoms with Gasteiger partial charge in [-0.2, -0.15) is 5.26 Å². The molecule has 7 nitrogen and oxygen atoms in total. The zero-order chi connectivity index (χ0) is 20.6. The Kier molecular flexibility index (Phi) is 6.87. The van der Waals surface area contributed by atoms with Gasteiger partial charge < -0.3 is 9.64 Å². The number of methoxy groups -OCH3 is 1. The monoisotopic (exact) mass is 407 g/mol. The largest absolute Gasteiger partial charge is 0.497 e. The van der Waals surface area contributed by atoms with Gasteiger partial charge in [0.25, 0.3) is 0 Å². The summed E-state index contributed by atoms with van der Waals surface area (Å²) in [5.41, 5.74) is 1.81. The van der Waals surface area contributed by atoms with E-state index < -0.39 is 0 Å². The molecule has 0 saturated carbocycles. The van der Waals surface area contributed by atoms with Gasteiger partial charge in [-0.3, -0.25) is 9.36 Å². The van der Waals surface area contributed by atoms with E-state index in [0.717, 1.165) is 17.0 Å². The first-order valence-corrected chi connectivity index (χ1v) is 10.0. The fourth-order valence-corrected chi connectivity index (χ4v) is 3.57. The van der Waals surface area contributed by atoms with E-state index in [0.29, 0.717) is 23.9 Å². The third-order valence-electron chi connectivity index (χ3n) is 4.31. The lowest BCUT2D eigenvalue weighted by atomic mass is 10.2. The second-order valence-corrected chi connectivity index (χ2v) is 7.16. The third kappa shape index (κ3) is 4.95. The maximum atomic E-state index is 12.3. The number of thioether (sulfide) groups is 1. The van der Waals surface area contributed by atoms with Crippen molar-refractivity contribution in [2.75, 3.05) is 26.5 Å². The molecule has 0 aliphatic heterocycles. The van der Waals surface area contributed by atoms with E-state index in [-0.39, 0.29) is 11.7 Å². The van der Waals surface area contributed by atoms with Crippen LogP contribution in [0, 0.1) is 11.3 Å². The van der Waals surface area contributed by atoms with Crippen molar-refractivity contribution in [1.82, 2.24) is 19.7 Å². The molecule has 2 aromatic carbocycles. The highest BCUT2D eigenvalue weighted by molar-refractivity contribution is 7.99. The maximum absolute atomic E-state index is 12.3. The van der Waals surface area contributed by atoms with Crippen LogP contribution in [0.4, 0.5) is 0 Å². The van der Waals surface area contributed by atoms with E-state index in [2.05, 4.69) is 16.3 Å². The van der Waals surface area contributed by atoms with Gasteiger partial charge in [-0.1, -0.05) is 30.0 Å². The Hall–Kier alpha value is -3.31. The summed E-state index contributed by atoms with van der Waals surface area (Å²) < 4.78 is 7.17. The smallest absolute Gasteiger partial charge is 0.232 e. The molecule has 29 heavy (non-hydrogen) atoms. The first-order chi connectivity index (χ1) is 14.1. The number of nitrogens with zero attached hydrogens (tertiary/aromatic N) is 5. The minimum Gasteiger partial charge on any atom is -0.497 e. The molecular formula is C21H21N5O2S. The van der Waals surface area contributed by atoms with Gasteiger partial charge in [0.2, 0.25) is 5.91 Å². The van der Waals surface area contributed by atoms with Crippen molar-refractivity contribution >= 4 is 17.7 Å². The molecule has 1 amide bonds. The average molecular weight is 407 g/mol. The number of benzene rings is 2. The summed E-state index contributed by atoms with van der Waals surface area (Å²) in [4.78, 5) is 13.9. The van der Waals surface area contributed by atoms with Crippen LogP contribution in [0.25, 0.3) is 17.1 Å². The number of ether oxygens (including phenoxy) is 1. The van der Waals surface area contributed by atoms with E-state index in [1.165, 1.54) is 11.8 Å². The van der Waals surface area contributed by atoms with Crippen LogP contribution < -0.4 is 4.74 Å². The normalized spacial score (nSPS) is 10.4. The summed E-state index contributed by atoms with van der Waals surface area (Å²) in [5.74, 6) is 1.61. The van der Waals surface area contributed by atoms with Crippen molar-refractivity contribution in [3.05, 3.63) is 54.6 Å². The molecule has 8 heteroatoms. The Balaban J connectivity index is 1.88. The zero-order valence-electron chi connectivity index (χ0n) is 16.3. The average Bonchev–Trinajstić information content (AvgIpc) is 3.20. The third-order valence-corrected chi connectivity index (χ3v) is 5.22. The zero-order valence-corrected chi connectivity index (χ0v) is 17.1. The van der Waals surface area contributed by atoms with E-state index >= 15 is 0 Å². The molecule has 1 heterocycles. The lowest BCUT2D eigenvalue weighted by Gasteiger charge is -2.15. The lowest BCUT2D eigenvalue weighted by Crippen LogP contribution is -2.29. The van der Waals surface area contributed by atoms with Crippen LogP contribution in [-0.4, -0.2) is 52.0 Å². The second kappa shape index (κ2) is 9.75. The van der Waals surface area contributed by atoms with Crippen molar-refractivity contribution in [2.24, 2.45) is 0 Å². The number of para-hydroxylation sites is 1. The molecule has 0 unspecified atom stereocenters. The van der Waals surface area contributed by atoms with Crippen LogP contribution in [0.1, 0.15) is 6.42 Å². The fraction of sp³-hybridized carbons (Fsp3) is 0.238. The van der Waals surface area contributed by atoms with Crippen LogP contribution in [0.2, 0.25) is 0 Å². The topological polar surface area (TPSA) is 84.0 Å². The summed E-state index contributed by atoms with van der Waals surface area (Å²) in [5, 5.41) is 18.0. The molecule has 0 saturated heterocycles. The predicted molar refractivity (Wildman–Crippen MR) is 112 cm³/mol. The highest BCUT2D eigenvalue weighted by Crippen LogP contribution is 2.29. The number of carbonyl (C=O) groups excluding carboxylic acids is 1. The van der Waals surface area contributed by atoms with Crippen molar-refractivity contribution in [2.45, 2.75) is 11.6 Å². The minimum atomic E-state index is -0.0566. The number of hydrogen-bond acceptors (Lipinski definition) is 6. The molecule has 3 rings (SSSR count). The van der Waals surface area contributed by atoms with Gasteiger partial charge >= 0.3 is 0 Å². The second-order valence-electron chi connectivity index (χ2n) is 6.22. The molecule has 0 aliphatic carbocycles. The first kappa shape index (κ1) is 20.4. The summed E-state index contributed by atoms with van der Waals surface area (Å²) in [6, 6.07) is 19.4. The highest BCUT2D eigenvalue weighted by atomic mass is 32.2. The van der Waals surface area contributed by atoms with E-state index in [1.54, 1.807) is 19.1 Å². The molecule has 3 aromatic rings. The Morgan fingerprint density at radius 3 is 2.55 bits per heavy atom. The number of nitriles is 1. The molecular weight excluding hydrogens is 386 g/mol. The Morgan fingerprint density at radius 1 is 1.17 bits per heavy atom. The summed E-state index contributed by atoms with van der Waals surface area (Å²) >= 11 is 1.33. The number of amides is 1. The quantitative estimate of drug-likeness (QED) is 0.532. The van der Waals surface area contributed by atoms with Crippen molar-refractivity contribution < 1.29 is 9.53 Å². The van der Waals surface area contributed by atoms with Crippen LogP contribution in [0.5, 0.6) is 5.75 Å². The molecule has 148 valence electrons. The Labute approximate surface area is 173 Å². The van der Waals surface area contributed by atoms with Gasteiger partial charge in [0.05, 0.1) is 25.4 Å². The lowest BCUT2D eigenvalue weighted by molar-refractivity contribution is -0.127. The van der Waals surface area contributed by atoms with Gasteiger partial charge in [-0.05, 0) is 36.4 Å². The summed E-state index contributed by atoms with van der Waals surface area (Å²) in [6.07, 6.45) is 0.314. The van der Waals surface area contributed by atoms with Gasteiger partial charge in [-0.25, -0.2) is 0 Å². The summed E-state index contributed by atoms with van der Waals surface area (Å²) in [6.45, 7) is 0.415. The molecule has 0 radical (unpaired) electrons. The number of hydrogen-bond donors (Lipinski definition) is 0. The molecule has 0 bridgehead atoms. The number of aromatic nitrogens is 3. The van der Waals surface area contributed by atoms with Crippen LogP contribution >= 0.6 is 11.8 Å². The van der Waals surface area contributed by atoms with Crippen LogP contribution in [-0.2, 0) is 4.79 Å². The number of rotatable bonds is 8. The van der Waals surface area contributed by atoms with Gasteiger partial charge in [0, 0.05) is 24.8 Å². The minimum absolute atomic E-state index is 0.0566.